The number of hydrogen-bond donors (Lipinski definition) is 1. The van der Waals surface area contributed by atoms with E-state index in [0.717, 1.165) is 28.3 Å². The normalized spacial score (nSPS) is 10.5. The van der Waals surface area contributed by atoms with E-state index in [0.29, 0.717) is 18.3 Å². The quantitative estimate of drug-likeness (QED) is 0.909. The molecule has 0 fully saturated rings. The topological polar surface area (TPSA) is 57.4 Å². The second-order valence-electron chi connectivity index (χ2n) is 4.05. The van der Waals surface area contributed by atoms with Gasteiger partial charge in [-0.05, 0) is 38.5 Å². The zero-order valence-electron chi connectivity index (χ0n) is 11.4. The van der Waals surface area contributed by atoms with E-state index in [9.17, 15) is 0 Å². The molecule has 2 rings (SSSR count). The number of aryl methyl sites for hydroxylation is 1. The molecule has 0 saturated carbocycles. The van der Waals surface area contributed by atoms with E-state index in [2.05, 4.69) is 4.98 Å². The number of thiazole rings is 1. The zero-order chi connectivity index (χ0) is 13.8. The maximum atomic E-state index is 5.70. The number of nitrogens with zero attached hydrogens (tertiary/aromatic N) is 1. The van der Waals surface area contributed by atoms with E-state index in [1.807, 2.05) is 38.3 Å². The van der Waals surface area contributed by atoms with Crippen LogP contribution in [-0.2, 0) is 0 Å². The molecule has 1 aromatic carbocycles. The summed E-state index contributed by atoms with van der Waals surface area (Å²) >= 11 is 1.42. The van der Waals surface area contributed by atoms with Crippen LogP contribution in [0.2, 0.25) is 0 Å². The molecule has 19 heavy (non-hydrogen) atoms. The Labute approximate surface area is 117 Å². The van der Waals surface area contributed by atoms with Gasteiger partial charge >= 0.3 is 0 Å². The van der Waals surface area contributed by atoms with Gasteiger partial charge in [0, 0.05) is 10.9 Å². The van der Waals surface area contributed by atoms with Gasteiger partial charge in [0.25, 0.3) is 0 Å². The van der Waals surface area contributed by atoms with Gasteiger partial charge in [0.15, 0.2) is 5.13 Å². The first-order valence-corrected chi connectivity index (χ1v) is 7.15. The lowest BCUT2D eigenvalue weighted by atomic mass is 10.1. The predicted molar refractivity (Wildman–Crippen MR) is 79.0 cm³/mol. The molecule has 0 radical (unpaired) electrons. The van der Waals surface area contributed by atoms with Crippen LogP contribution in [-0.4, -0.2) is 18.2 Å². The predicted octanol–water partition coefficient (Wildman–Crippen LogP) is 3.50. The van der Waals surface area contributed by atoms with Crippen molar-refractivity contribution in [2.75, 3.05) is 18.9 Å². The molecule has 5 heteroatoms. The Morgan fingerprint density at radius 2 is 1.84 bits per heavy atom. The van der Waals surface area contributed by atoms with Crippen molar-refractivity contribution in [3.05, 3.63) is 23.1 Å². The van der Waals surface area contributed by atoms with E-state index in [4.69, 9.17) is 15.2 Å². The van der Waals surface area contributed by atoms with Gasteiger partial charge in [-0.1, -0.05) is 0 Å². The van der Waals surface area contributed by atoms with Crippen molar-refractivity contribution in [2.45, 2.75) is 20.8 Å². The summed E-state index contributed by atoms with van der Waals surface area (Å²) in [7, 11) is 0. The Hall–Kier alpha value is -1.75. The van der Waals surface area contributed by atoms with Gasteiger partial charge < -0.3 is 15.2 Å². The van der Waals surface area contributed by atoms with Crippen molar-refractivity contribution >= 4 is 16.5 Å². The van der Waals surface area contributed by atoms with Gasteiger partial charge in [0.2, 0.25) is 0 Å². The standard InChI is InChI=1S/C14H18N2O2S/c1-4-17-12-7-10(11-8-19-14(15)16-11)13(18-5-2)6-9(12)3/h6-8H,4-5H2,1-3H3,(H2,15,16). The van der Waals surface area contributed by atoms with Crippen molar-refractivity contribution in [1.29, 1.82) is 0 Å². The summed E-state index contributed by atoms with van der Waals surface area (Å²) in [5.41, 5.74) is 8.50. The van der Waals surface area contributed by atoms with Gasteiger partial charge in [0.1, 0.15) is 11.5 Å². The molecule has 2 N–H and O–H groups in total. The molecule has 0 unspecified atom stereocenters. The first-order valence-electron chi connectivity index (χ1n) is 6.27. The van der Waals surface area contributed by atoms with Crippen LogP contribution in [0.25, 0.3) is 11.3 Å². The maximum Gasteiger partial charge on any atom is 0.180 e. The maximum absolute atomic E-state index is 5.70. The number of anilines is 1. The van der Waals surface area contributed by atoms with E-state index < -0.39 is 0 Å². The van der Waals surface area contributed by atoms with E-state index in [1.54, 1.807) is 0 Å². The Bertz CT molecular complexity index is 567. The number of ether oxygens (including phenoxy) is 2. The molecule has 0 amide bonds. The average molecular weight is 278 g/mol. The highest BCUT2D eigenvalue weighted by Gasteiger charge is 2.13. The van der Waals surface area contributed by atoms with E-state index in [-0.39, 0.29) is 0 Å². The first kappa shape index (κ1) is 13.7. The lowest BCUT2D eigenvalue weighted by Crippen LogP contribution is -1.99. The summed E-state index contributed by atoms with van der Waals surface area (Å²) in [6, 6.07) is 3.96. The molecule has 0 atom stereocenters. The second kappa shape index (κ2) is 5.93. The molecular weight excluding hydrogens is 260 g/mol. The molecule has 0 bridgehead atoms. The van der Waals surface area contributed by atoms with Crippen LogP contribution in [0.1, 0.15) is 19.4 Å². The Morgan fingerprint density at radius 1 is 1.16 bits per heavy atom. The summed E-state index contributed by atoms with van der Waals surface area (Å²) in [6.45, 7) is 7.18. The summed E-state index contributed by atoms with van der Waals surface area (Å²) < 4.78 is 11.3. The number of aromatic nitrogens is 1. The van der Waals surface area contributed by atoms with E-state index in [1.165, 1.54) is 11.3 Å². The van der Waals surface area contributed by atoms with Crippen LogP contribution in [0, 0.1) is 6.92 Å². The number of rotatable bonds is 5. The molecular formula is C14H18N2O2S. The van der Waals surface area contributed by atoms with Gasteiger partial charge in [-0.25, -0.2) is 4.98 Å². The SMILES string of the molecule is CCOc1cc(-c2csc(N)n2)c(OCC)cc1C. The lowest BCUT2D eigenvalue weighted by molar-refractivity contribution is 0.329. The summed E-state index contributed by atoms with van der Waals surface area (Å²) in [5.74, 6) is 1.67. The molecule has 0 aliphatic carbocycles. The molecule has 0 spiro atoms. The molecule has 4 nitrogen and oxygen atoms in total. The van der Waals surface area contributed by atoms with Crippen molar-refractivity contribution in [3.63, 3.8) is 0 Å². The third-order valence-electron chi connectivity index (χ3n) is 2.67. The van der Waals surface area contributed by atoms with E-state index >= 15 is 0 Å². The van der Waals surface area contributed by atoms with Crippen LogP contribution < -0.4 is 15.2 Å². The molecule has 0 aliphatic heterocycles. The Balaban J connectivity index is 2.51. The minimum atomic E-state index is 0.552. The van der Waals surface area contributed by atoms with Crippen molar-refractivity contribution in [3.8, 4) is 22.8 Å². The smallest absolute Gasteiger partial charge is 0.180 e. The minimum Gasteiger partial charge on any atom is -0.494 e. The number of nitrogens with two attached hydrogens (primary N) is 1. The average Bonchev–Trinajstić information content (AvgIpc) is 2.79. The molecule has 1 aromatic heterocycles. The highest BCUT2D eigenvalue weighted by Crippen LogP contribution is 2.36. The molecule has 1 heterocycles. The monoisotopic (exact) mass is 278 g/mol. The number of hydrogen-bond acceptors (Lipinski definition) is 5. The fourth-order valence-corrected chi connectivity index (χ4v) is 2.42. The minimum absolute atomic E-state index is 0.552. The molecule has 2 aromatic rings. The Morgan fingerprint density at radius 3 is 2.42 bits per heavy atom. The number of benzene rings is 1. The van der Waals surface area contributed by atoms with Crippen molar-refractivity contribution in [1.82, 2.24) is 4.98 Å². The van der Waals surface area contributed by atoms with Crippen molar-refractivity contribution < 1.29 is 9.47 Å². The van der Waals surface area contributed by atoms with Crippen LogP contribution in [0.5, 0.6) is 11.5 Å². The third kappa shape index (κ3) is 2.98. The van der Waals surface area contributed by atoms with Crippen molar-refractivity contribution in [2.24, 2.45) is 0 Å². The molecule has 0 saturated heterocycles. The molecule has 102 valence electrons. The van der Waals surface area contributed by atoms with Crippen LogP contribution >= 0.6 is 11.3 Å². The fourth-order valence-electron chi connectivity index (χ4n) is 1.86. The van der Waals surface area contributed by atoms with Crippen LogP contribution in [0.4, 0.5) is 5.13 Å². The highest BCUT2D eigenvalue weighted by molar-refractivity contribution is 7.13. The highest BCUT2D eigenvalue weighted by atomic mass is 32.1. The lowest BCUT2D eigenvalue weighted by Gasteiger charge is -2.13. The van der Waals surface area contributed by atoms with Gasteiger partial charge in [-0.2, -0.15) is 0 Å². The summed E-state index contributed by atoms with van der Waals surface area (Å²) in [5, 5.41) is 2.48. The third-order valence-corrected chi connectivity index (χ3v) is 3.35. The van der Waals surface area contributed by atoms with Crippen LogP contribution in [0.3, 0.4) is 0 Å². The number of nitrogen functional groups attached to an aromatic ring is 1. The van der Waals surface area contributed by atoms with Gasteiger partial charge in [0.05, 0.1) is 18.9 Å². The zero-order valence-corrected chi connectivity index (χ0v) is 12.2. The summed E-state index contributed by atoms with van der Waals surface area (Å²) in [4.78, 5) is 4.32. The second-order valence-corrected chi connectivity index (χ2v) is 4.94. The Kier molecular flexibility index (Phi) is 4.27. The van der Waals surface area contributed by atoms with Crippen LogP contribution in [0.15, 0.2) is 17.5 Å². The first-order chi connectivity index (χ1) is 9.15. The largest absolute Gasteiger partial charge is 0.494 e. The summed E-state index contributed by atoms with van der Waals surface area (Å²) in [6.07, 6.45) is 0. The molecule has 0 aliphatic rings. The van der Waals surface area contributed by atoms with Gasteiger partial charge in [-0.3, -0.25) is 0 Å². The van der Waals surface area contributed by atoms with Gasteiger partial charge in [-0.15, -0.1) is 11.3 Å². The fraction of sp³-hybridized carbons (Fsp3) is 0.357.